The maximum Gasteiger partial charge on any atom is 0.200 e. The summed E-state index contributed by atoms with van der Waals surface area (Å²) in [4.78, 5) is 12.7. The van der Waals surface area contributed by atoms with Gasteiger partial charge in [0.1, 0.15) is 5.75 Å². The van der Waals surface area contributed by atoms with Gasteiger partial charge in [0, 0.05) is 4.47 Å². The molecule has 2 aromatic rings. The van der Waals surface area contributed by atoms with Crippen LogP contribution in [0.15, 0.2) is 40.9 Å². The molecule has 20 heavy (non-hydrogen) atoms. The predicted octanol–water partition coefficient (Wildman–Crippen LogP) is 3.28. The summed E-state index contributed by atoms with van der Waals surface area (Å²) in [5, 5.41) is 0. The molecule has 0 atom stereocenters. The maximum atomic E-state index is 12.7. The highest BCUT2D eigenvalue weighted by atomic mass is 79.9. The molecule has 0 aliphatic carbocycles. The quantitative estimate of drug-likeness (QED) is 0.688. The van der Waals surface area contributed by atoms with Crippen molar-refractivity contribution in [3.63, 3.8) is 0 Å². The molecule has 2 N–H and O–H groups in total. The number of carbonyl (C=O) groups is 1. The van der Waals surface area contributed by atoms with E-state index in [0.29, 0.717) is 28.3 Å². The van der Waals surface area contributed by atoms with Gasteiger partial charge in [-0.3, -0.25) is 4.79 Å². The Balaban J connectivity index is 2.57. The molecule has 0 amide bonds. The fraction of sp³-hybridized carbons (Fsp3) is 0.133. The molecule has 0 radical (unpaired) electrons. The zero-order chi connectivity index (χ0) is 14.7. The highest BCUT2D eigenvalue weighted by Crippen LogP contribution is 2.31. The van der Waals surface area contributed by atoms with E-state index in [1.54, 1.807) is 30.3 Å². The first-order valence-electron chi connectivity index (χ1n) is 5.89. The van der Waals surface area contributed by atoms with E-state index in [2.05, 4.69) is 15.9 Å². The van der Waals surface area contributed by atoms with Crippen LogP contribution >= 0.6 is 15.9 Å². The van der Waals surface area contributed by atoms with E-state index in [-0.39, 0.29) is 5.78 Å². The number of halogens is 1. The van der Waals surface area contributed by atoms with E-state index < -0.39 is 0 Å². The van der Waals surface area contributed by atoms with E-state index in [0.717, 1.165) is 4.47 Å². The van der Waals surface area contributed by atoms with Crippen LogP contribution in [0.2, 0.25) is 0 Å². The van der Waals surface area contributed by atoms with Gasteiger partial charge < -0.3 is 15.2 Å². The van der Waals surface area contributed by atoms with Crippen molar-refractivity contribution in [1.82, 2.24) is 0 Å². The van der Waals surface area contributed by atoms with Gasteiger partial charge >= 0.3 is 0 Å². The monoisotopic (exact) mass is 335 g/mol. The number of para-hydroxylation sites is 1. The summed E-state index contributed by atoms with van der Waals surface area (Å²) < 4.78 is 11.3. The summed E-state index contributed by atoms with van der Waals surface area (Å²) in [6, 6.07) is 10.3. The fourth-order valence-corrected chi connectivity index (χ4v) is 2.33. The van der Waals surface area contributed by atoms with Crippen molar-refractivity contribution in [2.45, 2.75) is 0 Å². The zero-order valence-corrected chi connectivity index (χ0v) is 12.7. The van der Waals surface area contributed by atoms with Crippen LogP contribution in [-0.2, 0) is 0 Å². The van der Waals surface area contributed by atoms with Crippen molar-refractivity contribution in [3.05, 3.63) is 52.0 Å². The number of benzene rings is 2. The standard InChI is InChI=1S/C15H14BrNO3/c1-19-13-7-6-9(16)8-11(13)14(18)10-4-3-5-12(17)15(10)20-2/h3-8H,17H2,1-2H3. The Morgan fingerprint density at radius 3 is 2.50 bits per heavy atom. The average molecular weight is 336 g/mol. The number of hydrogen-bond acceptors (Lipinski definition) is 4. The summed E-state index contributed by atoms with van der Waals surface area (Å²) in [6.07, 6.45) is 0. The summed E-state index contributed by atoms with van der Waals surface area (Å²) in [5.74, 6) is 0.675. The Bertz CT molecular complexity index is 652. The molecule has 0 spiro atoms. The number of ether oxygens (including phenoxy) is 2. The normalized spacial score (nSPS) is 10.2. The number of ketones is 1. The lowest BCUT2D eigenvalue weighted by atomic mass is 10.0. The van der Waals surface area contributed by atoms with Crippen LogP contribution in [0.4, 0.5) is 5.69 Å². The van der Waals surface area contributed by atoms with Crippen molar-refractivity contribution < 1.29 is 14.3 Å². The first kappa shape index (κ1) is 14.4. The van der Waals surface area contributed by atoms with Gasteiger partial charge in [-0.15, -0.1) is 0 Å². The van der Waals surface area contributed by atoms with E-state index in [1.165, 1.54) is 14.2 Å². The molecule has 0 saturated heterocycles. The largest absolute Gasteiger partial charge is 0.496 e. The summed E-state index contributed by atoms with van der Waals surface area (Å²) in [6.45, 7) is 0. The third-order valence-electron chi connectivity index (χ3n) is 2.90. The molecule has 0 aliphatic rings. The minimum Gasteiger partial charge on any atom is -0.496 e. The molecule has 0 aromatic heterocycles. The lowest BCUT2D eigenvalue weighted by Crippen LogP contribution is -2.07. The molecule has 104 valence electrons. The number of nitrogen functional groups attached to an aromatic ring is 1. The second-order valence-corrected chi connectivity index (χ2v) is 5.02. The van der Waals surface area contributed by atoms with Crippen LogP contribution in [0.5, 0.6) is 11.5 Å². The first-order chi connectivity index (χ1) is 9.58. The third kappa shape index (κ3) is 2.63. The van der Waals surface area contributed by atoms with Crippen molar-refractivity contribution >= 4 is 27.4 Å². The van der Waals surface area contributed by atoms with Crippen molar-refractivity contribution in [3.8, 4) is 11.5 Å². The van der Waals surface area contributed by atoms with Crippen LogP contribution in [0, 0.1) is 0 Å². The minimum atomic E-state index is -0.202. The van der Waals surface area contributed by atoms with Gasteiger partial charge in [0.25, 0.3) is 0 Å². The van der Waals surface area contributed by atoms with E-state index in [4.69, 9.17) is 15.2 Å². The number of hydrogen-bond donors (Lipinski definition) is 1. The Labute approximate surface area is 125 Å². The lowest BCUT2D eigenvalue weighted by Gasteiger charge is -2.12. The smallest absolute Gasteiger partial charge is 0.200 e. The molecule has 0 aliphatic heterocycles. The highest BCUT2D eigenvalue weighted by molar-refractivity contribution is 9.10. The second-order valence-electron chi connectivity index (χ2n) is 4.10. The van der Waals surface area contributed by atoms with Gasteiger partial charge in [-0.1, -0.05) is 22.0 Å². The van der Waals surface area contributed by atoms with Gasteiger partial charge in [0.2, 0.25) is 5.78 Å². The second kappa shape index (κ2) is 5.96. The third-order valence-corrected chi connectivity index (χ3v) is 3.39. The molecule has 2 aromatic carbocycles. The Morgan fingerprint density at radius 2 is 1.85 bits per heavy atom. The lowest BCUT2D eigenvalue weighted by molar-refractivity contribution is 0.103. The Kier molecular flexibility index (Phi) is 4.29. The van der Waals surface area contributed by atoms with Crippen molar-refractivity contribution in [2.75, 3.05) is 20.0 Å². The molecule has 0 saturated carbocycles. The predicted molar refractivity (Wildman–Crippen MR) is 81.5 cm³/mol. The molecule has 0 unspecified atom stereocenters. The van der Waals surface area contributed by atoms with Crippen LogP contribution in [0.1, 0.15) is 15.9 Å². The van der Waals surface area contributed by atoms with Gasteiger partial charge in [0.05, 0.1) is 31.0 Å². The summed E-state index contributed by atoms with van der Waals surface area (Å²) >= 11 is 3.35. The number of anilines is 1. The Hall–Kier alpha value is -2.01. The molecule has 0 fully saturated rings. The van der Waals surface area contributed by atoms with Crippen LogP contribution in [-0.4, -0.2) is 20.0 Å². The number of rotatable bonds is 4. The van der Waals surface area contributed by atoms with Gasteiger partial charge in [-0.05, 0) is 30.3 Å². The number of nitrogens with two attached hydrogens (primary N) is 1. The van der Waals surface area contributed by atoms with Crippen molar-refractivity contribution in [1.29, 1.82) is 0 Å². The molecular weight excluding hydrogens is 322 g/mol. The van der Waals surface area contributed by atoms with Gasteiger partial charge in [-0.25, -0.2) is 0 Å². The number of carbonyl (C=O) groups excluding carboxylic acids is 1. The SMILES string of the molecule is COc1ccc(Br)cc1C(=O)c1cccc(N)c1OC. The Morgan fingerprint density at radius 1 is 1.10 bits per heavy atom. The molecule has 0 bridgehead atoms. The van der Waals surface area contributed by atoms with Crippen LogP contribution in [0.25, 0.3) is 0 Å². The fourth-order valence-electron chi connectivity index (χ4n) is 1.96. The number of methoxy groups -OCH3 is 2. The van der Waals surface area contributed by atoms with E-state index in [1.807, 2.05) is 6.07 Å². The van der Waals surface area contributed by atoms with Gasteiger partial charge in [-0.2, -0.15) is 0 Å². The van der Waals surface area contributed by atoms with Crippen LogP contribution in [0.3, 0.4) is 0 Å². The van der Waals surface area contributed by atoms with Crippen molar-refractivity contribution in [2.24, 2.45) is 0 Å². The zero-order valence-electron chi connectivity index (χ0n) is 11.1. The van der Waals surface area contributed by atoms with Gasteiger partial charge in [0.15, 0.2) is 5.75 Å². The summed E-state index contributed by atoms with van der Waals surface area (Å²) in [5.41, 5.74) is 7.11. The molecule has 2 rings (SSSR count). The average Bonchev–Trinajstić information content (AvgIpc) is 2.46. The highest BCUT2D eigenvalue weighted by Gasteiger charge is 2.20. The van der Waals surface area contributed by atoms with E-state index in [9.17, 15) is 4.79 Å². The first-order valence-corrected chi connectivity index (χ1v) is 6.68. The van der Waals surface area contributed by atoms with E-state index >= 15 is 0 Å². The summed E-state index contributed by atoms with van der Waals surface area (Å²) in [7, 11) is 3.01. The minimum absolute atomic E-state index is 0.202. The van der Waals surface area contributed by atoms with Crippen LogP contribution < -0.4 is 15.2 Å². The maximum absolute atomic E-state index is 12.7. The molecule has 4 nitrogen and oxygen atoms in total. The molecular formula is C15H14BrNO3. The topological polar surface area (TPSA) is 61.5 Å². The molecule has 0 heterocycles. The molecule has 5 heteroatoms.